The van der Waals surface area contributed by atoms with Crippen molar-refractivity contribution in [2.75, 3.05) is 6.61 Å². The molecule has 0 aliphatic rings. The summed E-state index contributed by atoms with van der Waals surface area (Å²) in [6.07, 6.45) is 1.91. The molecule has 0 saturated heterocycles. The summed E-state index contributed by atoms with van der Waals surface area (Å²) in [7, 11) is 0. The molecule has 2 rings (SSSR count). The fourth-order valence-corrected chi connectivity index (χ4v) is 2.00. The summed E-state index contributed by atoms with van der Waals surface area (Å²) < 4.78 is 10.7. The van der Waals surface area contributed by atoms with Crippen LogP contribution < -0.4 is 10.1 Å². The third-order valence-corrected chi connectivity index (χ3v) is 3.36. The molecule has 0 unspecified atom stereocenters. The third-order valence-electron chi connectivity index (χ3n) is 3.36. The van der Waals surface area contributed by atoms with Crippen LogP contribution in [-0.4, -0.2) is 12.5 Å². The maximum atomic E-state index is 11.7. The lowest BCUT2D eigenvalue weighted by molar-refractivity contribution is -0.121. The van der Waals surface area contributed by atoms with Crippen LogP contribution in [-0.2, 0) is 16.8 Å². The Morgan fingerprint density at radius 1 is 1.18 bits per heavy atom. The second-order valence-corrected chi connectivity index (χ2v) is 6.23. The van der Waals surface area contributed by atoms with E-state index in [-0.39, 0.29) is 11.3 Å². The Kier molecular flexibility index (Phi) is 5.26. The summed E-state index contributed by atoms with van der Waals surface area (Å²) in [6, 6.07) is 11.6. The number of hydrogen-bond donors (Lipinski definition) is 1. The number of carbonyl (C=O) groups is 1. The van der Waals surface area contributed by atoms with Crippen LogP contribution in [0.4, 0.5) is 0 Å². The van der Waals surface area contributed by atoms with Gasteiger partial charge < -0.3 is 14.5 Å². The average Bonchev–Trinajstić information content (AvgIpc) is 2.98. The molecule has 118 valence electrons. The number of benzene rings is 1. The zero-order valence-electron chi connectivity index (χ0n) is 13.4. The summed E-state index contributed by atoms with van der Waals surface area (Å²) >= 11 is 0. The highest BCUT2D eigenvalue weighted by molar-refractivity contribution is 5.75. The van der Waals surface area contributed by atoms with Gasteiger partial charge in [0.1, 0.15) is 11.5 Å². The topological polar surface area (TPSA) is 51.5 Å². The molecule has 0 aliphatic heterocycles. The van der Waals surface area contributed by atoms with Gasteiger partial charge in [-0.15, -0.1) is 0 Å². The third kappa shape index (κ3) is 4.95. The highest BCUT2D eigenvalue weighted by atomic mass is 16.5. The molecule has 2 aromatic rings. The fourth-order valence-electron chi connectivity index (χ4n) is 2.00. The van der Waals surface area contributed by atoms with Crippen LogP contribution in [0.2, 0.25) is 0 Å². The Bertz CT molecular complexity index is 580. The Morgan fingerprint density at radius 3 is 2.50 bits per heavy atom. The van der Waals surface area contributed by atoms with E-state index in [4.69, 9.17) is 9.15 Å². The van der Waals surface area contributed by atoms with E-state index in [2.05, 4.69) is 38.2 Å². The van der Waals surface area contributed by atoms with E-state index in [0.717, 1.165) is 11.5 Å². The van der Waals surface area contributed by atoms with Gasteiger partial charge in [-0.05, 0) is 35.2 Å². The number of rotatable bonds is 6. The van der Waals surface area contributed by atoms with Crippen molar-refractivity contribution in [2.45, 2.75) is 39.2 Å². The molecule has 1 N–H and O–H groups in total. The summed E-state index contributed by atoms with van der Waals surface area (Å²) in [6.45, 7) is 7.29. The smallest absolute Gasteiger partial charge is 0.223 e. The molecule has 0 spiro atoms. The molecule has 1 aromatic carbocycles. The van der Waals surface area contributed by atoms with E-state index in [1.165, 1.54) is 5.56 Å². The molecule has 0 atom stereocenters. The van der Waals surface area contributed by atoms with Crippen LogP contribution >= 0.6 is 0 Å². The molecule has 1 heterocycles. The van der Waals surface area contributed by atoms with Crippen molar-refractivity contribution in [3.63, 3.8) is 0 Å². The van der Waals surface area contributed by atoms with Crippen molar-refractivity contribution in [1.29, 1.82) is 0 Å². The molecular weight excluding hydrogens is 278 g/mol. The predicted octanol–water partition coefficient (Wildman–Crippen LogP) is 3.66. The van der Waals surface area contributed by atoms with Gasteiger partial charge in [-0.2, -0.15) is 0 Å². The van der Waals surface area contributed by atoms with Crippen LogP contribution in [0.1, 0.15) is 38.5 Å². The molecule has 0 bridgehead atoms. The lowest BCUT2D eigenvalue weighted by Gasteiger charge is -2.19. The molecule has 1 amide bonds. The Morgan fingerprint density at radius 2 is 1.91 bits per heavy atom. The molecule has 0 fully saturated rings. The largest absolute Gasteiger partial charge is 0.493 e. The lowest BCUT2D eigenvalue weighted by atomic mass is 9.87. The number of carbonyl (C=O) groups excluding carboxylic acids is 1. The van der Waals surface area contributed by atoms with Gasteiger partial charge >= 0.3 is 0 Å². The van der Waals surface area contributed by atoms with E-state index in [0.29, 0.717) is 19.6 Å². The number of hydrogen-bond acceptors (Lipinski definition) is 3. The number of ether oxygens (including phenoxy) is 1. The van der Waals surface area contributed by atoms with Gasteiger partial charge in [-0.25, -0.2) is 0 Å². The molecule has 4 nitrogen and oxygen atoms in total. The van der Waals surface area contributed by atoms with E-state index >= 15 is 0 Å². The van der Waals surface area contributed by atoms with Crippen molar-refractivity contribution in [3.05, 3.63) is 54.0 Å². The molecule has 0 radical (unpaired) electrons. The van der Waals surface area contributed by atoms with Gasteiger partial charge in [0.15, 0.2) is 0 Å². The zero-order valence-corrected chi connectivity index (χ0v) is 13.4. The normalized spacial score (nSPS) is 11.2. The van der Waals surface area contributed by atoms with Crippen LogP contribution in [0.15, 0.2) is 47.1 Å². The van der Waals surface area contributed by atoms with E-state index in [1.54, 1.807) is 12.3 Å². The van der Waals surface area contributed by atoms with Crippen molar-refractivity contribution < 1.29 is 13.9 Å². The fraction of sp³-hybridized carbons (Fsp3) is 0.389. The maximum absolute atomic E-state index is 11.7. The van der Waals surface area contributed by atoms with Crippen LogP contribution in [0, 0.1) is 0 Å². The van der Waals surface area contributed by atoms with Crippen LogP contribution in [0.3, 0.4) is 0 Å². The first kappa shape index (κ1) is 16.1. The van der Waals surface area contributed by atoms with E-state index in [1.807, 2.05) is 18.2 Å². The van der Waals surface area contributed by atoms with Gasteiger partial charge in [0.25, 0.3) is 0 Å². The standard InChI is InChI=1S/C18H23NO3/c1-18(2,3)14-6-8-15(9-7-14)22-12-10-17(20)19-13-16-5-4-11-21-16/h4-9,11H,10,12-13H2,1-3H3,(H,19,20). The molecule has 0 aliphatic carbocycles. The first-order chi connectivity index (χ1) is 10.4. The average molecular weight is 301 g/mol. The molecular formula is C18H23NO3. The maximum Gasteiger partial charge on any atom is 0.223 e. The Balaban J connectivity index is 1.70. The number of nitrogens with one attached hydrogen (secondary N) is 1. The summed E-state index contributed by atoms with van der Waals surface area (Å²) in [4.78, 5) is 11.7. The van der Waals surface area contributed by atoms with Crippen LogP contribution in [0.5, 0.6) is 5.75 Å². The van der Waals surface area contributed by atoms with Gasteiger partial charge in [0.05, 0.1) is 25.8 Å². The minimum Gasteiger partial charge on any atom is -0.493 e. The molecule has 1 aromatic heterocycles. The lowest BCUT2D eigenvalue weighted by Crippen LogP contribution is -2.24. The van der Waals surface area contributed by atoms with Gasteiger partial charge in [-0.3, -0.25) is 4.79 Å². The monoisotopic (exact) mass is 301 g/mol. The SMILES string of the molecule is CC(C)(C)c1ccc(OCCC(=O)NCc2ccco2)cc1. The number of furan rings is 1. The second-order valence-electron chi connectivity index (χ2n) is 6.23. The Labute approximate surface area is 131 Å². The van der Waals surface area contributed by atoms with Crippen molar-refractivity contribution in [1.82, 2.24) is 5.32 Å². The minimum absolute atomic E-state index is 0.0530. The van der Waals surface area contributed by atoms with Gasteiger partial charge in [0, 0.05) is 0 Å². The predicted molar refractivity (Wildman–Crippen MR) is 85.8 cm³/mol. The Hall–Kier alpha value is -2.23. The van der Waals surface area contributed by atoms with Crippen molar-refractivity contribution >= 4 is 5.91 Å². The quantitative estimate of drug-likeness (QED) is 0.886. The summed E-state index contributed by atoms with van der Waals surface area (Å²) in [5, 5.41) is 2.79. The molecule has 0 saturated carbocycles. The van der Waals surface area contributed by atoms with Crippen LogP contribution in [0.25, 0.3) is 0 Å². The second kappa shape index (κ2) is 7.16. The summed E-state index contributed by atoms with van der Waals surface area (Å²) in [5.41, 5.74) is 1.39. The van der Waals surface area contributed by atoms with Crippen molar-refractivity contribution in [3.8, 4) is 5.75 Å². The molecule has 4 heteroatoms. The minimum atomic E-state index is -0.0530. The highest BCUT2D eigenvalue weighted by Gasteiger charge is 2.13. The zero-order chi connectivity index (χ0) is 16.0. The van der Waals surface area contributed by atoms with Gasteiger partial charge in [-0.1, -0.05) is 32.9 Å². The molecule has 22 heavy (non-hydrogen) atoms. The first-order valence-corrected chi connectivity index (χ1v) is 7.47. The van der Waals surface area contributed by atoms with Crippen molar-refractivity contribution in [2.24, 2.45) is 0 Å². The number of amides is 1. The van der Waals surface area contributed by atoms with E-state index < -0.39 is 0 Å². The highest BCUT2D eigenvalue weighted by Crippen LogP contribution is 2.24. The summed E-state index contributed by atoms with van der Waals surface area (Å²) in [5.74, 6) is 1.47. The van der Waals surface area contributed by atoms with E-state index in [9.17, 15) is 4.79 Å². The van der Waals surface area contributed by atoms with Gasteiger partial charge in [0.2, 0.25) is 5.91 Å². The first-order valence-electron chi connectivity index (χ1n) is 7.47.